The predicted octanol–water partition coefficient (Wildman–Crippen LogP) is 4.19. The third-order valence-electron chi connectivity index (χ3n) is 4.24. The molecule has 2 amide bonds. The number of carbonyl (C=O) groups excluding carboxylic acids is 1. The number of nitrogens with zero attached hydrogens (tertiary/aromatic N) is 3. The minimum Gasteiger partial charge on any atom is -0.471 e. The van der Waals surface area contributed by atoms with Gasteiger partial charge in [0.05, 0.1) is 5.52 Å². The first-order valence-electron chi connectivity index (χ1n) is 8.80. The maximum absolute atomic E-state index is 12.0. The molecule has 0 saturated carbocycles. The van der Waals surface area contributed by atoms with Crippen LogP contribution in [0.4, 0.5) is 16.2 Å². The van der Waals surface area contributed by atoms with E-state index in [4.69, 9.17) is 4.74 Å². The highest BCUT2D eigenvalue weighted by atomic mass is 16.5. The fraction of sp³-hybridized carbons (Fsp3) is 0.0952. The summed E-state index contributed by atoms with van der Waals surface area (Å²) in [6.45, 7) is 0.369. The van der Waals surface area contributed by atoms with Crippen molar-refractivity contribution in [3.8, 4) is 5.88 Å². The summed E-state index contributed by atoms with van der Waals surface area (Å²) in [5.41, 5.74) is 4.11. The van der Waals surface area contributed by atoms with Crippen molar-refractivity contribution in [3.05, 3.63) is 78.8 Å². The second-order valence-electron chi connectivity index (χ2n) is 6.27. The van der Waals surface area contributed by atoms with Gasteiger partial charge >= 0.3 is 6.03 Å². The Kier molecular flexibility index (Phi) is 4.88. The van der Waals surface area contributed by atoms with Gasteiger partial charge in [-0.3, -0.25) is 0 Å². The van der Waals surface area contributed by atoms with Gasteiger partial charge in [-0.15, -0.1) is 0 Å². The number of amides is 2. The molecule has 0 aliphatic heterocycles. The molecule has 2 heterocycles. The molecule has 0 atom stereocenters. The minimum absolute atomic E-state index is 0.290. The van der Waals surface area contributed by atoms with Crippen LogP contribution in [0.5, 0.6) is 5.88 Å². The van der Waals surface area contributed by atoms with Crippen LogP contribution in [-0.2, 0) is 13.7 Å². The van der Waals surface area contributed by atoms with Crippen molar-refractivity contribution in [2.24, 2.45) is 7.05 Å². The van der Waals surface area contributed by atoms with Crippen molar-refractivity contribution in [1.29, 1.82) is 0 Å². The summed E-state index contributed by atoms with van der Waals surface area (Å²) in [6, 6.07) is 18.4. The zero-order chi connectivity index (χ0) is 19.3. The van der Waals surface area contributed by atoms with Crippen molar-refractivity contribution in [2.75, 3.05) is 10.6 Å². The molecular weight excluding hydrogens is 354 g/mol. The second-order valence-corrected chi connectivity index (χ2v) is 6.27. The van der Waals surface area contributed by atoms with Gasteiger partial charge in [-0.2, -0.15) is 4.98 Å². The molecule has 0 saturated heterocycles. The first kappa shape index (κ1) is 17.5. The van der Waals surface area contributed by atoms with Crippen LogP contribution in [0.25, 0.3) is 11.0 Å². The number of ether oxygens (including phenoxy) is 1. The van der Waals surface area contributed by atoms with Crippen molar-refractivity contribution in [2.45, 2.75) is 6.61 Å². The molecule has 4 rings (SSSR count). The Balaban J connectivity index is 1.37. The van der Waals surface area contributed by atoms with E-state index in [9.17, 15) is 4.79 Å². The number of nitrogens with one attached hydrogen (secondary N) is 2. The van der Waals surface area contributed by atoms with E-state index in [0.29, 0.717) is 18.2 Å². The summed E-state index contributed by atoms with van der Waals surface area (Å²) >= 11 is 0. The Labute approximate surface area is 162 Å². The Morgan fingerprint density at radius 1 is 0.964 bits per heavy atom. The third-order valence-corrected chi connectivity index (χ3v) is 4.24. The average molecular weight is 373 g/mol. The SMILES string of the molecule is Cn1ccc2ncnc(OCc3ccc(NC(=O)Nc4ccccc4)cc3)c21. The number of hydrogen-bond acceptors (Lipinski definition) is 4. The molecule has 7 nitrogen and oxygen atoms in total. The number of aryl methyl sites for hydroxylation is 1. The van der Waals surface area contributed by atoms with E-state index < -0.39 is 0 Å². The maximum atomic E-state index is 12.0. The van der Waals surface area contributed by atoms with Crippen molar-refractivity contribution in [1.82, 2.24) is 14.5 Å². The lowest BCUT2D eigenvalue weighted by Gasteiger charge is -2.10. The molecule has 7 heteroatoms. The van der Waals surface area contributed by atoms with Gasteiger partial charge in [0.1, 0.15) is 18.5 Å². The minimum atomic E-state index is -0.290. The average Bonchev–Trinajstić information content (AvgIpc) is 3.10. The van der Waals surface area contributed by atoms with Gasteiger partial charge < -0.3 is 19.9 Å². The van der Waals surface area contributed by atoms with Gasteiger partial charge in [-0.1, -0.05) is 30.3 Å². The smallest absolute Gasteiger partial charge is 0.323 e. The van der Waals surface area contributed by atoms with Crippen molar-refractivity contribution < 1.29 is 9.53 Å². The Bertz CT molecular complexity index is 1090. The van der Waals surface area contributed by atoms with Crippen molar-refractivity contribution in [3.63, 3.8) is 0 Å². The Morgan fingerprint density at radius 2 is 1.68 bits per heavy atom. The van der Waals surface area contributed by atoms with Gasteiger partial charge in [0.25, 0.3) is 0 Å². The number of carbonyl (C=O) groups is 1. The molecule has 140 valence electrons. The Hall–Kier alpha value is -3.87. The van der Waals surface area contributed by atoms with Gasteiger partial charge in [0.15, 0.2) is 0 Å². The van der Waals surface area contributed by atoms with Gasteiger partial charge in [-0.05, 0) is 35.9 Å². The molecule has 0 fully saturated rings. The number of fused-ring (bicyclic) bond motifs is 1. The van der Waals surface area contributed by atoms with E-state index in [2.05, 4.69) is 20.6 Å². The number of benzene rings is 2. The lowest BCUT2D eigenvalue weighted by atomic mass is 10.2. The van der Waals surface area contributed by atoms with Crippen LogP contribution in [0.1, 0.15) is 5.56 Å². The van der Waals surface area contributed by atoms with E-state index in [0.717, 1.165) is 22.3 Å². The standard InChI is InChI=1S/C21H19N5O2/c1-26-12-11-18-19(26)20(23-14-22-18)28-13-15-7-9-17(10-8-15)25-21(27)24-16-5-3-2-4-6-16/h2-12,14H,13H2,1H3,(H2,24,25,27). The molecule has 0 bridgehead atoms. The van der Waals surface area contributed by atoms with Crippen LogP contribution in [-0.4, -0.2) is 20.6 Å². The molecule has 0 spiro atoms. The molecule has 0 aliphatic rings. The first-order chi connectivity index (χ1) is 13.7. The highest BCUT2D eigenvalue weighted by Crippen LogP contribution is 2.22. The van der Waals surface area contributed by atoms with E-state index in [1.54, 1.807) is 0 Å². The van der Waals surface area contributed by atoms with Crippen LogP contribution < -0.4 is 15.4 Å². The van der Waals surface area contributed by atoms with Crippen LogP contribution >= 0.6 is 0 Å². The number of hydrogen-bond donors (Lipinski definition) is 2. The molecule has 28 heavy (non-hydrogen) atoms. The fourth-order valence-corrected chi connectivity index (χ4v) is 2.84. The van der Waals surface area contributed by atoms with Crippen LogP contribution in [0.3, 0.4) is 0 Å². The highest BCUT2D eigenvalue weighted by Gasteiger charge is 2.09. The molecule has 0 aliphatic carbocycles. The lowest BCUT2D eigenvalue weighted by Crippen LogP contribution is -2.19. The molecule has 4 aromatic rings. The van der Waals surface area contributed by atoms with E-state index in [1.807, 2.05) is 78.5 Å². The largest absolute Gasteiger partial charge is 0.471 e. The van der Waals surface area contributed by atoms with E-state index >= 15 is 0 Å². The monoisotopic (exact) mass is 373 g/mol. The molecular formula is C21H19N5O2. The summed E-state index contributed by atoms with van der Waals surface area (Å²) in [4.78, 5) is 20.5. The zero-order valence-electron chi connectivity index (χ0n) is 15.3. The van der Waals surface area contributed by atoms with E-state index in [1.165, 1.54) is 6.33 Å². The third kappa shape index (κ3) is 3.93. The normalized spacial score (nSPS) is 10.6. The fourth-order valence-electron chi connectivity index (χ4n) is 2.84. The summed E-state index contributed by atoms with van der Waals surface area (Å²) in [7, 11) is 1.93. The number of anilines is 2. The molecule has 2 aromatic carbocycles. The number of aromatic nitrogens is 3. The summed E-state index contributed by atoms with van der Waals surface area (Å²) in [5, 5.41) is 5.58. The maximum Gasteiger partial charge on any atom is 0.323 e. The number of urea groups is 1. The lowest BCUT2D eigenvalue weighted by molar-refractivity contribution is 0.262. The highest BCUT2D eigenvalue weighted by molar-refractivity contribution is 5.99. The molecule has 0 radical (unpaired) electrons. The molecule has 2 N–H and O–H groups in total. The molecule has 2 aromatic heterocycles. The zero-order valence-corrected chi connectivity index (χ0v) is 15.3. The van der Waals surface area contributed by atoms with Gasteiger partial charge in [-0.25, -0.2) is 9.78 Å². The van der Waals surface area contributed by atoms with Crippen LogP contribution in [0.2, 0.25) is 0 Å². The van der Waals surface area contributed by atoms with Crippen molar-refractivity contribution >= 4 is 28.4 Å². The van der Waals surface area contributed by atoms with Crippen LogP contribution in [0, 0.1) is 0 Å². The number of para-hydroxylation sites is 1. The second kappa shape index (κ2) is 7.79. The number of rotatable bonds is 5. The summed E-state index contributed by atoms with van der Waals surface area (Å²) < 4.78 is 7.81. The quantitative estimate of drug-likeness (QED) is 0.550. The van der Waals surface area contributed by atoms with E-state index in [-0.39, 0.29) is 6.03 Å². The van der Waals surface area contributed by atoms with Gasteiger partial charge in [0, 0.05) is 24.6 Å². The summed E-state index contributed by atoms with van der Waals surface area (Å²) in [6.07, 6.45) is 3.42. The van der Waals surface area contributed by atoms with Crippen LogP contribution in [0.15, 0.2) is 73.2 Å². The Morgan fingerprint density at radius 3 is 2.43 bits per heavy atom. The first-order valence-corrected chi connectivity index (χ1v) is 8.80. The molecule has 0 unspecified atom stereocenters. The summed E-state index contributed by atoms with van der Waals surface area (Å²) in [5.74, 6) is 0.543. The van der Waals surface area contributed by atoms with Gasteiger partial charge in [0.2, 0.25) is 5.88 Å². The topological polar surface area (TPSA) is 81.1 Å². The predicted molar refractivity (Wildman–Crippen MR) is 108 cm³/mol.